The molecule has 0 radical (unpaired) electrons. The van der Waals surface area contributed by atoms with Gasteiger partial charge in [-0.3, -0.25) is 0 Å². The molecule has 4 aromatic rings. The molecule has 0 atom stereocenters. The molecule has 176 valence electrons. The Morgan fingerprint density at radius 3 is 2.74 bits per heavy atom. The van der Waals surface area contributed by atoms with Crippen molar-refractivity contribution < 1.29 is 9.47 Å². The summed E-state index contributed by atoms with van der Waals surface area (Å²) in [7, 11) is 1.71. The van der Waals surface area contributed by atoms with Crippen molar-refractivity contribution in [1.82, 2.24) is 19.9 Å². The fourth-order valence-corrected chi connectivity index (χ4v) is 4.56. The SMILES string of the molecule is COCCc1c(C)nc(CN)nc1N1CCOc2ccc(-c3ccc4nc(C)[nH]c4c3)cc2C1. The molecule has 34 heavy (non-hydrogen) atoms. The lowest BCUT2D eigenvalue weighted by molar-refractivity contribution is 0.202. The van der Waals surface area contributed by atoms with Crippen molar-refractivity contribution in [3.8, 4) is 16.9 Å². The summed E-state index contributed by atoms with van der Waals surface area (Å²) < 4.78 is 11.5. The van der Waals surface area contributed by atoms with Crippen LogP contribution in [0.1, 0.15) is 28.5 Å². The third-order valence-corrected chi connectivity index (χ3v) is 6.25. The van der Waals surface area contributed by atoms with Crippen LogP contribution < -0.4 is 15.4 Å². The van der Waals surface area contributed by atoms with Crippen LogP contribution in [-0.2, 0) is 24.2 Å². The van der Waals surface area contributed by atoms with E-state index in [0.29, 0.717) is 32.1 Å². The Balaban J connectivity index is 1.51. The molecule has 3 N–H and O–H groups in total. The number of nitrogens with zero attached hydrogens (tertiary/aromatic N) is 4. The number of nitrogens with two attached hydrogens (primary N) is 1. The predicted octanol–water partition coefficient (Wildman–Crippen LogP) is 3.68. The van der Waals surface area contributed by atoms with Crippen molar-refractivity contribution in [3.05, 3.63) is 64.9 Å². The standard InChI is InChI=1S/C26H30N6O2/c1-16-21(8-10-33-3)26(31-25(14-27)28-16)32-9-11-34-24-7-5-18(12-20(24)15-32)19-4-6-22-23(13-19)30-17(2)29-22/h4-7,12-13H,8-11,14-15,27H2,1-3H3,(H,29,30). The second-order valence-corrected chi connectivity index (χ2v) is 8.62. The predicted molar refractivity (Wildman–Crippen MR) is 133 cm³/mol. The van der Waals surface area contributed by atoms with E-state index in [1.54, 1.807) is 7.11 Å². The zero-order valence-corrected chi connectivity index (χ0v) is 19.9. The van der Waals surface area contributed by atoms with Crippen LogP contribution in [0.5, 0.6) is 5.75 Å². The second-order valence-electron chi connectivity index (χ2n) is 8.62. The average Bonchev–Trinajstić information content (AvgIpc) is 3.08. The van der Waals surface area contributed by atoms with Crippen LogP contribution in [0.15, 0.2) is 36.4 Å². The van der Waals surface area contributed by atoms with Crippen molar-refractivity contribution in [2.45, 2.75) is 33.4 Å². The van der Waals surface area contributed by atoms with Gasteiger partial charge in [-0.25, -0.2) is 15.0 Å². The minimum Gasteiger partial charge on any atom is -0.491 e. The first-order chi connectivity index (χ1) is 16.6. The third-order valence-electron chi connectivity index (χ3n) is 6.25. The first-order valence-electron chi connectivity index (χ1n) is 11.6. The van der Waals surface area contributed by atoms with Gasteiger partial charge in [-0.1, -0.05) is 12.1 Å². The minimum atomic E-state index is 0.305. The number of H-pyrrole nitrogens is 1. The topological polar surface area (TPSA) is 102 Å². The van der Waals surface area contributed by atoms with E-state index in [0.717, 1.165) is 69.3 Å². The highest BCUT2D eigenvalue weighted by Gasteiger charge is 2.22. The maximum Gasteiger partial charge on any atom is 0.144 e. The van der Waals surface area contributed by atoms with Gasteiger partial charge in [0, 0.05) is 36.9 Å². The number of hydrogen-bond acceptors (Lipinski definition) is 7. The summed E-state index contributed by atoms with van der Waals surface area (Å²) >= 11 is 0. The molecule has 8 nitrogen and oxygen atoms in total. The van der Waals surface area contributed by atoms with Gasteiger partial charge in [0.05, 0.1) is 30.7 Å². The van der Waals surface area contributed by atoms with E-state index in [1.165, 1.54) is 0 Å². The van der Waals surface area contributed by atoms with Gasteiger partial charge >= 0.3 is 0 Å². The molecule has 0 spiro atoms. The normalized spacial score (nSPS) is 13.6. The molecule has 3 heterocycles. The molecule has 0 saturated carbocycles. The van der Waals surface area contributed by atoms with Gasteiger partial charge in [0.1, 0.15) is 29.8 Å². The summed E-state index contributed by atoms with van der Waals surface area (Å²) in [6.07, 6.45) is 0.746. The Labute approximate surface area is 199 Å². The van der Waals surface area contributed by atoms with Crippen LogP contribution in [-0.4, -0.2) is 46.8 Å². The average molecular weight is 459 g/mol. The van der Waals surface area contributed by atoms with Crippen molar-refractivity contribution in [2.24, 2.45) is 5.73 Å². The lowest BCUT2D eigenvalue weighted by Gasteiger charge is -2.25. The monoisotopic (exact) mass is 458 g/mol. The number of nitrogens with one attached hydrogen (secondary N) is 1. The van der Waals surface area contributed by atoms with E-state index in [9.17, 15) is 0 Å². The fourth-order valence-electron chi connectivity index (χ4n) is 4.56. The number of aromatic nitrogens is 4. The van der Waals surface area contributed by atoms with Gasteiger partial charge < -0.3 is 25.1 Å². The summed E-state index contributed by atoms with van der Waals surface area (Å²) in [4.78, 5) is 19.5. The number of rotatable bonds is 6. The van der Waals surface area contributed by atoms with E-state index in [2.05, 4.69) is 56.3 Å². The van der Waals surface area contributed by atoms with E-state index in [-0.39, 0.29) is 0 Å². The van der Waals surface area contributed by atoms with Crippen molar-refractivity contribution in [3.63, 3.8) is 0 Å². The molecule has 0 saturated heterocycles. The van der Waals surface area contributed by atoms with Gasteiger partial charge in [0.25, 0.3) is 0 Å². The molecule has 1 aliphatic rings. The molecule has 2 aromatic heterocycles. The highest BCUT2D eigenvalue weighted by atomic mass is 16.5. The molecule has 5 rings (SSSR count). The van der Waals surface area contributed by atoms with Gasteiger partial charge in [-0.05, 0) is 49.2 Å². The number of imidazole rings is 1. The molecular formula is C26H30N6O2. The summed E-state index contributed by atoms with van der Waals surface area (Å²) in [6.45, 7) is 6.90. The maximum atomic E-state index is 6.12. The molecule has 1 aliphatic heterocycles. The zero-order chi connectivity index (χ0) is 23.7. The van der Waals surface area contributed by atoms with E-state index < -0.39 is 0 Å². The first-order valence-corrected chi connectivity index (χ1v) is 11.6. The largest absolute Gasteiger partial charge is 0.491 e. The second kappa shape index (κ2) is 9.40. The Hall–Kier alpha value is -3.49. The number of benzene rings is 2. The lowest BCUT2D eigenvalue weighted by atomic mass is 10.0. The number of aromatic amines is 1. The van der Waals surface area contributed by atoms with Crippen LogP contribution in [0.25, 0.3) is 22.2 Å². The summed E-state index contributed by atoms with van der Waals surface area (Å²) in [6, 6.07) is 12.7. The van der Waals surface area contributed by atoms with Crippen LogP contribution >= 0.6 is 0 Å². The van der Waals surface area contributed by atoms with Crippen molar-refractivity contribution in [2.75, 3.05) is 31.8 Å². The fraction of sp³-hybridized carbons (Fsp3) is 0.346. The first kappa shape index (κ1) is 22.3. The van der Waals surface area contributed by atoms with Crippen molar-refractivity contribution >= 4 is 16.9 Å². The molecule has 0 aliphatic carbocycles. The smallest absolute Gasteiger partial charge is 0.144 e. The Kier molecular flexibility index (Phi) is 6.17. The lowest BCUT2D eigenvalue weighted by Crippen LogP contribution is -2.29. The van der Waals surface area contributed by atoms with Gasteiger partial charge in [-0.2, -0.15) is 0 Å². The van der Waals surface area contributed by atoms with E-state index in [4.69, 9.17) is 20.2 Å². The Morgan fingerprint density at radius 2 is 1.91 bits per heavy atom. The van der Waals surface area contributed by atoms with Gasteiger partial charge in [0.2, 0.25) is 0 Å². The molecule has 0 unspecified atom stereocenters. The van der Waals surface area contributed by atoms with Gasteiger partial charge in [0.15, 0.2) is 0 Å². The maximum absolute atomic E-state index is 6.12. The third kappa shape index (κ3) is 4.34. The quantitative estimate of drug-likeness (QED) is 0.454. The summed E-state index contributed by atoms with van der Waals surface area (Å²) in [5.74, 6) is 3.39. The number of anilines is 1. The summed E-state index contributed by atoms with van der Waals surface area (Å²) in [5.41, 5.74) is 13.4. The number of methoxy groups -OCH3 is 1. The molecule has 0 bridgehead atoms. The molecule has 0 amide bonds. The van der Waals surface area contributed by atoms with Crippen LogP contribution in [0.3, 0.4) is 0 Å². The molecule has 8 heteroatoms. The number of aryl methyl sites for hydroxylation is 2. The Morgan fingerprint density at radius 1 is 1.09 bits per heavy atom. The zero-order valence-electron chi connectivity index (χ0n) is 19.9. The van der Waals surface area contributed by atoms with Crippen LogP contribution in [0, 0.1) is 13.8 Å². The summed E-state index contributed by atoms with van der Waals surface area (Å²) in [5, 5.41) is 0. The molecule has 0 fully saturated rings. The number of hydrogen-bond donors (Lipinski definition) is 2. The Bertz CT molecular complexity index is 1330. The minimum absolute atomic E-state index is 0.305. The number of ether oxygens (including phenoxy) is 2. The van der Waals surface area contributed by atoms with Crippen molar-refractivity contribution in [1.29, 1.82) is 0 Å². The molecular weight excluding hydrogens is 428 g/mol. The highest BCUT2D eigenvalue weighted by Crippen LogP contribution is 2.33. The van der Waals surface area contributed by atoms with Gasteiger partial charge in [-0.15, -0.1) is 0 Å². The highest BCUT2D eigenvalue weighted by molar-refractivity contribution is 5.82. The van der Waals surface area contributed by atoms with Crippen LogP contribution in [0.2, 0.25) is 0 Å². The van der Waals surface area contributed by atoms with E-state index >= 15 is 0 Å². The molecule has 2 aromatic carbocycles. The number of fused-ring (bicyclic) bond motifs is 2. The van der Waals surface area contributed by atoms with E-state index in [1.807, 2.05) is 13.8 Å². The van der Waals surface area contributed by atoms with Crippen LogP contribution in [0.4, 0.5) is 5.82 Å².